The third kappa shape index (κ3) is 11.3. The van der Waals surface area contributed by atoms with Gasteiger partial charge in [0.2, 0.25) is 0 Å². The average Bonchev–Trinajstić information content (AvgIpc) is 3.19. The number of aldehydes is 1. The molecule has 4 aromatic carbocycles. The van der Waals surface area contributed by atoms with E-state index in [0.717, 1.165) is 86.2 Å². The molecule has 0 spiro atoms. The molecule has 2 aliphatic rings. The summed E-state index contributed by atoms with van der Waals surface area (Å²) in [6, 6.07) is 26.4. The highest BCUT2D eigenvalue weighted by Gasteiger charge is 2.13. The van der Waals surface area contributed by atoms with Crippen molar-refractivity contribution in [3.05, 3.63) is 89.5 Å². The van der Waals surface area contributed by atoms with Gasteiger partial charge in [-0.25, -0.2) is 0 Å². The van der Waals surface area contributed by atoms with Crippen LogP contribution in [0.3, 0.4) is 0 Å². The summed E-state index contributed by atoms with van der Waals surface area (Å²) >= 11 is 0. The van der Waals surface area contributed by atoms with Gasteiger partial charge in [0.1, 0.15) is 17.9 Å². The Kier molecular flexibility index (Phi) is 14.8. The highest BCUT2D eigenvalue weighted by molar-refractivity contribution is 6.02. The van der Waals surface area contributed by atoms with E-state index in [1.807, 2.05) is 42.5 Å². The van der Waals surface area contributed by atoms with Crippen LogP contribution < -0.4 is 15.1 Å². The Morgan fingerprint density at radius 3 is 1.76 bits per heavy atom. The second kappa shape index (κ2) is 20.1. The number of rotatable bonds is 14. The Bertz CT molecular complexity index is 1810. The first-order valence-electron chi connectivity index (χ1n) is 17.3. The number of nitriles is 1. The standard InChI is InChI=1S/C25H31N3O5.C15H15NO2/c1-30-12-13-33-15-14-31-9-6-27-25(29)23(19-26)17-20-2-3-22-18-24(5-4-21(22)16-20)28-7-10-32-11-8-28;17-11-12-1-2-14-10-15(4-3-13(14)9-12)16-5-7-18-8-6-16/h2-5,16-18H,6-15H2,1H3,(H,27,29);1-4,9-11H,5-8H2/b23-17+;. The second-order valence-corrected chi connectivity index (χ2v) is 12.0. The van der Waals surface area contributed by atoms with Crippen molar-refractivity contribution in [3.8, 4) is 6.07 Å². The summed E-state index contributed by atoms with van der Waals surface area (Å²) in [7, 11) is 1.62. The number of morpholine rings is 2. The number of amides is 1. The summed E-state index contributed by atoms with van der Waals surface area (Å²) in [5, 5.41) is 16.6. The fourth-order valence-corrected chi connectivity index (χ4v) is 5.81. The molecule has 51 heavy (non-hydrogen) atoms. The summed E-state index contributed by atoms with van der Waals surface area (Å²) in [6.45, 7) is 9.38. The van der Waals surface area contributed by atoms with Crippen LogP contribution in [-0.2, 0) is 28.5 Å². The molecule has 0 aromatic heterocycles. The van der Waals surface area contributed by atoms with Gasteiger partial charge in [-0.2, -0.15) is 5.26 Å². The summed E-state index contributed by atoms with van der Waals surface area (Å²) < 4.78 is 26.4. The van der Waals surface area contributed by atoms with Crippen LogP contribution in [0.2, 0.25) is 0 Å². The Balaban J connectivity index is 0.000000234. The molecule has 0 unspecified atom stereocenters. The predicted octanol–water partition coefficient (Wildman–Crippen LogP) is 4.87. The molecule has 11 heteroatoms. The fourth-order valence-electron chi connectivity index (χ4n) is 5.81. The minimum Gasteiger partial charge on any atom is -0.382 e. The molecule has 0 aliphatic carbocycles. The van der Waals surface area contributed by atoms with Crippen LogP contribution in [0.5, 0.6) is 0 Å². The molecule has 268 valence electrons. The molecule has 0 saturated carbocycles. The molecule has 6 rings (SSSR count). The van der Waals surface area contributed by atoms with Crippen LogP contribution >= 0.6 is 0 Å². The molecular formula is C40H46N4O7. The van der Waals surface area contributed by atoms with Crippen LogP contribution in [0.25, 0.3) is 27.6 Å². The number of carbonyl (C=O) groups is 2. The first-order valence-corrected chi connectivity index (χ1v) is 17.3. The van der Waals surface area contributed by atoms with Gasteiger partial charge in [0, 0.05) is 56.8 Å². The highest BCUT2D eigenvalue weighted by Crippen LogP contribution is 2.25. The van der Waals surface area contributed by atoms with E-state index in [2.05, 4.69) is 51.5 Å². The third-order valence-corrected chi connectivity index (χ3v) is 8.60. The maximum atomic E-state index is 12.4. The zero-order valence-electron chi connectivity index (χ0n) is 29.2. The van der Waals surface area contributed by atoms with Gasteiger partial charge >= 0.3 is 0 Å². The number of carbonyl (C=O) groups excluding carboxylic acids is 2. The number of methoxy groups -OCH3 is 1. The molecule has 2 heterocycles. The molecule has 0 bridgehead atoms. The van der Waals surface area contributed by atoms with E-state index in [0.29, 0.717) is 39.6 Å². The van der Waals surface area contributed by atoms with Gasteiger partial charge in [-0.1, -0.05) is 36.4 Å². The van der Waals surface area contributed by atoms with Crippen LogP contribution in [0.15, 0.2) is 78.4 Å². The second-order valence-electron chi connectivity index (χ2n) is 12.0. The summed E-state index contributed by atoms with van der Waals surface area (Å²) in [4.78, 5) is 27.7. The largest absolute Gasteiger partial charge is 0.382 e. The minimum absolute atomic E-state index is 0.0576. The summed E-state index contributed by atoms with van der Waals surface area (Å²) in [5.74, 6) is -0.416. The molecule has 0 radical (unpaired) electrons. The van der Waals surface area contributed by atoms with Crippen molar-refractivity contribution in [3.63, 3.8) is 0 Å². The number of hydrogen-bond acceptors (Lipinski definition) is 10. The quantitative estimate of drug-likeness (QED) is 0.0847. The molecule has 2 aliphatic heterocycles. The van der Waals surface area contributed by atoms with Crippen molar-refractivity contribution in [1.29, 1.82) is 5.26 Å². The third-order valence-electron chi connectivity index (χ3n) is 8.60. The van der Waals surface area contributed by atoms with E-state index in [9.17, 15) is 14.9 Å². The lowest BCUT2D eigenvalue weighted by atomic mass is 10.0. The average molecular weight is 695 g/mol. The van der Waals surface area contributed by atoms with Gasteiger partial charge in [-0.15, -0.1) is 0 Å². The summed E-state index contributed by atoms with van der Waals surface area (Å²) in [5.41, 5.74) is 3.99. The lowest BCUT2D eigenvalue weighted by Gasteiger charge is -2.29. The number of benzene rings is 4. The van der Waals surface area contributed by atoms with Crippen molar-refractivity contribution in [2.24, 2.45) is 0 Å². The predicted molar refractivity (Wildman–Crippen MR) is 199 cm³/mol. The zero-order chi connectivity index (χ0) is 35.7. The van der Waals surface area contributed by atoms with E-state index in [1.54, 1.807) is 13.2 Å². The number of hydrogen-bond donors (Lipinski definition) is 1. The monoisotopic (exact) mass is 694 g/mol. The lowest BCUT2D eigenvalue weighted by molar-refractivity contribution is -0.117. The van der Waals surface area contributed by atoms with E-state index in [1.165, 1.54) is 16.8 Å². The van der Waals surface area contributed by atoms with Crippen molar-refractivity contribution in [1.82, 2.24) is 5.32 Å². The Hall–Kier alpha value is -4.83. The summed E-state index contributed by atoms with van der Waals surface area (Å²) in [6.07, 6.45) is 2.49. The van der Waals surface area contributed by atoms with Gasteiger partial charge in [0.25, 0.3) is 5.91 Å². The normalized spacial score (nSPS) is 14.9. The Labute approximate surface area is 299 Å². The molecule has 1 amide bonds. The van der Waals surface area contributed by atoms with Crippen molar-refractivity contribution in [2.75, 3.05) is 109 Å². The number of nitrogens with zero attached hydrogens (tertiary/aromatic N) is 3. The molecule has 1 N–H and O–H groups in total. The van der Waals surface area contributed by atoms with Gasteiger partial charge in [0.05, 0.1) is 59.5 Å². The van der Waals surface area contributed by atoms with Crippen LogP contribution in [0.1, 0.15) is 15.9 Å². The molecule has 2 fully saturated rings. The SMILES string of the molecule is COCCOCCOCCNC(=O)/C(C#N)=C/c1ccc2cc(N3CCOCC3)ccc2c1.O=Cc1ccc2cc(N3CCOCC3)ccc2c1. The van der Waals surface area contributed by atoms with E-state index in [-0.39, 0.29) is 5.57 Å². The molecular weight excluding hydrogens is 648 g/mol. The number of nitrogens with one attached hydrogen (secondary N) is 1. The number of anilines is 2. The smallest absolute Gasteiger partial charge is 0.262 e. The van der Waals surface area contributed by atoms with Crippen LogP contribution in [-0.4, -0.2) is 111 Å². The molecule has 4 aromatic rings. The maximum Gasteiger partial charge on any atom is 0.262 e. The first kappa shape index (κ1) is 37.4. The van der Waals surface area contributed by atoms with Gasteiger partial charge < -0.3 is 38.8 Å². The molecule has 2 saturated heterocycles. The van der Waals surface area contributed by atoms with E-state index < -0.39 is 5.91 Å². The first-order chi connectivity index (χ1) is 25.1. The van der Waals surface area contributed by atoms with E-state index >= 15 is 0 Å². The van der Waals surface area contributed by atoms with Gasteiger partial charge in [-0.05, 0) is 69.6 Å². The van der Waals surface area contributed by atoms with E-state index in [4.69, 9.17) is 23.7 Å². The lowest BCUT2D eigenvalue weighted by Crippen LogP contribution is -2.36. The van der Waals surface area contributed by atoms with Crippen molar-refractivity contribution in [2.45, 2.75) is 0 Å². The van der Waals surface area contributed by atoms with Crippen LogP contribution in [0, 0.1) is 11.3 Å². The van der Waals surface area contributed by atoms with Crippen molar-refractivity contribution < 1.29 is 33.3 Å². The Morgan fingerprint density at radius 1 is 0.725 bits per heavy atom. The molecule has 11 nitrogen and oxygen atoms in total. The molecule has 0 atom stereocenters. The number of ether oxygens (including phenoxy) is 5. The maximum absolute atomic E-state index is 12.4. The van der Waals surface area contributed by atoms with Gasteiger partial charge in [-0.3, -0.25) is 9.59 Å². The minimum atomic E-state index is -0.416. The van der Waals surface area contributed by atoms with Gasteiger partial charge in [0.15, 0.2) is 0 Å². The Morgan fingerprint density at radius 2 is 1.22 bits per heavy atom. The topological polar surface area (TPSA) is 123 Å². The fraction of sp³-hybridized carbons (Fsp3) is 0.375. The van der Waals surface area contributed by atoms with Crippen LogP contribution in [0.4, 0.5) is 11.4 Å². The zero-order valence-corrected chi connectivity index (χ0v) is 29.2. The number of fused-ring (bicyclic) bond motifs is 2. The van der Waals surface area contributed by atoms with Crippen molar-refractivity contribution >= 4 is 51.2 Å². The highest BCUT2D eigenvalue weighted by atomic mass is 16.5.